The molecule has 33 heavy (non-hydrogen) atoms. The van der Waals surface area contributed by atoms with Gasteiger partial charge in [0.05, 0.1) is 6.54 Å². The molecule has 3 rings (SSSR count). The molecule has 176 valence electrons. The van der Waals surface area contributed by atoms with Gasteiger partial charge in [0.25, 0.3) is 11.8 Å². The molecule has 3 amide bonds. The maximum absolute atomic E-state index is 12.4. The Morgan fingerprint density at radius 2 is 1.39 bits per heavy atom. The Labute approximate surface area is 195 Å². The van der Waals surface area contributed by atoms with Crippen LogP contribution in [0.4, 0.5) is 11.4 Å². The molecule has 0 aliphatic heterocycles. The average Bonchev–Trinajstić information content (AvgIpc) is 2.85. The third-order valence-electron chi connectivity index (χ3n) is 6.01. The largest absolute Gasteiger partial charge is 0.376 e. The zero-order valence-corrected chi connectivity index (χ0v) is 19.5. The van der Waals surface area contributed by atoms with Gasteiger partial charge in [-0.3, -0.25) is 14.4 Å². The predicted octanol–water partition coefficient (Wildman–Crippen LogP) is 4.28. The molecule has 0 spiro atoms. The first-order chi connectivity index (χ1) is 16.0. The molecular weight excluding hydrogens is 416 g/mol. The smallest absolute Gasteiger partial charge is 0.253 e. The molecule has 1 aliphatic rings. The van der Waals surface area contributed by atoms with E-state index in [1.54, 1.807) is 53.4 Å². The molecule has 2 aromatic rings. The van der Waals surface area contributed by atoms with E-state index in [-0.39, 0.29) is 30.3 Å². The van der Waals surface area contributed by atoms with E-state index in [2.05, 4.69) is 16.0 Å². The molecular formula is C26H34N4O3. The molecule has 7 nitrogen and oxygen atoms in total. The van der Waals surface area contributed by atoms with Crippen molar-refractivity contribution < 1.29 is 14.4 Å². The molecule has 1 saturated carbocycles. The normalized spacial score (nSPS) is 13.8. The predicted molar refractivity (Wildman–Crippen MR) is 132 cm³/mol. The van der Waals surface area contributed by atoms with Crippen molar-refractivity contribution in [3.8, 4) is 0 Å². The average molecular weight is 451 g/mol. The Kier molecular flexibility index (Phi) is 8.87. The Morgan fingerprint density at radius 3 is 2.00 bits per heavy atom. The van der Waals surface area contributed by atoms with Crippen LogP contribution in [-0.2, 0) is 4.79 Å². The third-order valence-corrected chi connectivity index (χ3v) is 6.01. The van der Waals surface area contributed by atoms with Gasteiger partial charge in [-0.1, -0.05) is 19.3 Å². The van der Waals surface area contributed by atoms with E-state index in [1.807, 2.05) is 13.8 Å². The summed E-state index contributed by atoms with van der Waals surface area (Å²) in [4.78, 5) is 38.8. The van der Waals surface area contributed by atoms with Crippen LogP contribution in [0, 0.1) is 0 Å². The van der Waals surface area contributed by atoms with Crippen LogP contribution in [0.15, 0.2) is 48.5 Å². The summed E-state index contributed by atoms with van der Waals surface area (Å²) in [5, 5.41) is 8.98. The van der Waals surface area contributed by atoms with E-state index in [9.17, 15) is 14.4 Å². The zero-order chi connectivity index (χ0) is 23.6. The summed E-state index contributed by atoms with van der Waals surface area (Å²) in [6.07, 6.45) is 5.67. The van der Waals surface area contributed by atoms with Crippen molar-refractivity contribution in [3.63, 3.8) is 0 Å². The van der Waals surface area contributed by atoms with E-state index in [0.29, 0.717) is 29.9 Å². The summed E-state index contributed by atoms with van der Waals surface area (Å²) in [6, 6.07) is 14.3. The number of rotatable bonds is 9. The monoisotopic (exact) mass is 450 g/mol. The van der Waals surface area contributed by atoms with Gasteiger partial charge < -0.3 is 20.9 Å². The summed E-state index contributed by atoms with van der Waals surface area (Å²) in [5.74, 6) is -0.262. The van der Waals surface area contributed by atoms with E-state index < -0.39 is 0 Å². The van der Waals surface area contributed by atoms with Crippen LogP contribution in [0.25, 0.3) is 0 Å². The van der Waals surface area contributed by atoms with Gasteiger partial charge in [-0.25, -0.2) is 0 Å². The molecule has 7 heteroatoms. The maximum Gasteiger partial charge on any atom is 0.253 e. The lowest BCUT2D eigenvalue weighted by Gasteiger charge is -2.22. The minimum atomic E-state index is -0.197. The van der Waals surface area contributed by atoms with Gasteiger partial charge in [0, 0.05) is 41.6 Å². The topological polar surface area (TPSA) is 90.5 Å². The van der Waals surface area contributed by atoms with E-state index in [0.717, 1.165) is 18.5 Å². The Balaban J connectivity index is 1.45. The molecule has 1 aliphatic carbocycles. The van der Waals surface area contributed by atoms with Crippen LogP contribution in [0.5, 0.6) is 0 Å². The lowest BCUT2D eigenvalue weighted by atomic mass is 9.95. The highest BCUT2D eigenvalue weighted by atomic mass is 16.2. The molecule has 2 aromatic carbocycles. The molecule has 0 bridgehead atoms. The van der Waals surface area contributed by atoms with Crippen molar-refractivity contribution in [2.75, 3.05) is 30.3 Å². The summed E-state index contributed by atoms with van der Waals surface area (Å²) >= 11 is 0. The maximum atomic E-state index is 12.4. The number of carbonyl (C=O) groups is 3. The van der Waals surface area contributed by atoms with Gasteiger partial charge in [0.1, 0.15) is 0 Å². The molecule has 0 heterocycles. The molecule has 1 fully saturated rings. The molecule has 0 saturated heterocycles. The fourth-order valence-electron chi connectivity index (χ4n) is 4.03. The Morgan fingerprint density at radius 1 is 0.818 bits per heavy atom. The highest BCUT2D eigenvalue weighted by Gasteiger charge is 2.16. The number of anilines is 2. The summed E-state index contributed by atoms with van der Waals surface area (Å²) in [6.45, 7) is 5.34. The second-order valence-corrected chi connectivity index (χ2v) is 8.34. The van der Waals surface area contributed by atoms with E-state index in [4.69, 9.17) is 0 Å². The van der Waals surface area contributed by atoms with Crippen LogP contribution in [0.3, 0.4) is 0 Å². The molecule has 3 N–H and O–H groups in total. The lowest BCUT2D eigenvalue weighted by molar-refractivity contribution is -0.114. The minimum absolute atomic E-state index is 0.000150. The highest BCUT2D eigenvalue weighted by Crippen LogP contribution is 2.18. The van der Waals surface area contributed by atoms with Crippen LogP contribution in [-0.4, -0.2) is 48.3 Å². The van der Waals surface area contributed by atoms with Gasteiger partial charge in [-0.05, 0) is 75.2 Å². The number of amides is 3. The van der Waals surface area contributed by atoms with Crippen molar-refractivity contribution in [2.24, 2.45) is 0 Å². The molecule has 0 radical (unpaired) electrons. The van der Waals surface area contributed by atoms with Crippen LogP contribution in [0.2, 0.25) is 0 Å². The van der Waals surface area contributed by atoms with Gasteiger partial charge in [-0.15, -0.1) is 0 Å². The van der Waals surface area contributed by atoms with Crippen molar-refractivity contribution in [3.05, 3.63) is 59.7 Å². The molecule has 0 unspecified atom stereocenters. The van der Waals surface area contributed by atoms with Crippen molar-refractivity contribution in [1.29, 1.82) is 0 Å². The van der Waals surface area contributed by atoms with Gasteiger partial charge in [-0.2, -0.15) is 0 Å². The molecule has 0 atom stereocenters. The number of hydrogen-bond donors (Lipinski definition) is 3. The SMILES string of the molecule is CCN(CC)C(=O)c1ccc(NCC(=O)Nc2ccc(C(=O)NC3CCCCC3)cc2)cc1. The third kappa shape index (κ3) is 7.07. The Hall–Kier alpha value is -3.35. The number of nitrogens with zero attached hydrogens (tertiary/aromatic N) is 1. The number of benzene rings is 2. The van der Waals surface area contributed by atoms with E-state index >= 15 is 0 Å². The summed E-state index contributed by atoms with van der Waals surface area (Å²) in [5.41, 5.74) is 2.62. The first kappa shape index (κ1) is 24.3. The second kappa shape index (κ2) is 12.0. The fourth-order valence-corrected chi connectivity index (χ4v) is 4.03. The van der Waals surface area contributed by atoms with Crippen molar-refractivity contribution in [1.82, 2.24) is 10.2 Å². The second-order valence-electron chi connectivity index (χ2n) is 8.34. The zero-order valence-electron chi connectivity index (χ0n) is 19.5. The number of hydrogen-bond acceptors (Lipinski definition) is 4. The van der Waals surface area contributed by atoms with Crippen molar-refractivity contribution >= 4 is 29.1 Å². The molecule has 0 aromatic heterocycles. The summed E-state index contributed by atoms with van der Waals surface area (Å²) in [7, 11) is 0. The first-order valence-electron chi connectivity index (χ1n) is 11.8. The highest BCUT2D eigenvalue weighted by molar-refractivity contribution is 5.97. The fraction of sp³-hybridized carbons (Fsp3) is 0.423. The van der Waals surface area contributed by atoms with Gasteiger partial charge in [0.15, 0.2) is 0 Å². The van der Waals surface area contributed by atoms with Crippen LogP contribution >= 0.6 is 0 Å². The van der Waals surface area contributed by atoms with Gasteiger partial charge >= 0.3 is 0 Å². The number of carbonyl (C=O) groups excluding carboxylic acids is 3. The minimum Gasteiger partial charge on any atom is -0.376 e. The summed E-state index contributed by atoms with van der Waals surface area (Å²) < 4.78 is 0. The quantitative estimate of drug-likeness (QED) is 0.532. The van der Waals surface area contributed by atoms with E-state index in [1.165, 1.54) is 19.3 Å². The Bertz CT molecular complexity index is 931. The first-order valence-corrected chi connectivity index (χ1v) is 11.8. The standard InChI is InChI=1S/C26H34N4O3/c1-3-30(4-2)26(33)20-12-14-21(15-13-20)27-18-24(31)28-23-16-10-19(11-17-23)25(32)29-22-8-6-5-7-9-22/h10-17,22,27H,3-9,18H2,1-2H3,(H,28,31)(H,29,32). The number of nitrogens with one attached hydrogen (secondary N) is 3. The van der Waals surface area contributed by atoms with Crippen LogP contribution in [0.1, 0.15) is 66.7 Å². The lowest BCUT2D eigenvalue weighted by Crippen LogP contribution is -2.36. The van der Waals surface area contributed by atoms with Crippen LogP contribution < -0.4 is 16.0 Å². The van der Waals surface area contributed by atoms with Crippen molar-refractivity contribution in [2.45, 2.75) is 52.0 Å². The van der Waals surface area contributed by atoms with Gasteiger partial charge in [0.2, 0.25) is 5.91 Å².